The predicted molar refractivity (Wildman–Crippen MR) is 89.3 cm³/mol. The number of hydrogen-bond donors (Lipinski definition) is 2. The first-order chi connectivity index (χ1) is 12.3. The van der Waals surface area contributed by atoms with E-state index >= 15 is 0 Å². The van der Waals surface area contributed by atoms with Gasteiger partial charge >= 0.3 is 0 Å². The molecule has 2 rings (SSSR count). The maximum absolute atomic E-state index is 13.4. The molecule has 0 aliphatic rings. The summed E-state index contributed by atoms with van der Waals surface area (Å²) in [5, 5.41) is 2.55. The highest BCUT2D eigenvalue weighted by molar-refractivity contribution is 7.89. The molecule has 2 aromatic rings. The highest BCUT2D eigenvalue weighted by atomic mass is 32.2. The summed E-state index contributed by atoms with van der Waals surface area (Å²) in [6.45, 7) is -0.0114. The zero-order chi connectivity index (χ0) is 19.2. The number of halogens is 3. The average molecular weight is 386 g/mol. The Labute approximate surface area is 149 Å². The molecule has 0 saturated heterocycles. The van der Waals surface area contributed by atoms with Gasteiger partial charge in [0.15, 0.2) is 11.6 Å². The van der Waals surface area contributed by atoms with Crippen LogP contribution in [0.5, 0.6) is 0 Å². The number of amides is 1. The first-order valence-electron chi connectivity index (χ1n) is 7.74. The average Bonchev–Trinajstić information content (AvgIpc) is 2.59. The molecule has 0 aromatic heterocycles. The smallest absolute Gasteiger partial charge is 0.240 e. The molecule has 0 fully saturated rings. The van der Waals surface area contributed by atoms with Gasteiger partial charge in [-0.1, -0.05) is 18.2 Å². The summed E-state index contributed by atoms with van der Waals surface area (Å²) in [5.74, 6) is -3.22. The monoisotopic (exact) mass is 386 g/mol. The maximum atomic E-state index is 13.4. The molecule has 0 bridgehead atoms. The van der Waals surface area contributed by atoms with Gasteiger partial charge in [0.1, 0.15) is 5.82 Å². The van der Waals surface area contributed by atoms with Crippen molar-refractivity contribution in [2.75, 3.05) is 13.1 Å². The normalized spacial score (nSPS) is 11.3. The Kier molecular flexibility index (Phi) is 6.76. The summed E-state index contributed by atoms with van der Waals surface area (Å²) in [7, 11) is -4.05. The van der Waals surface area contributed by atoms with Gasteiger partial charge in [0, 0.05) is 19.5 Å². The SMILES string of the molecule is O=C(CCNS(=O)(=O)c1ccc(F)c(F)c1)NCCc1ccccc1F. The fourth-order valence-corrected chi connectivity index (χ4v) is 3.20. The quantitative estimate of drug-likeness (QED) is 0.730. The first kappa shape index (κ1) is 19.9. The second-order valence-corrected chi connectivity index (χ2v) is 7.18. The van der Waals surface area contributed by atoms with Crippen molar-refractivity contribution in [3.05, 3.63) is 65.5 Å². The maximum Gasteiger partial charge on any atom is 0.240 e. The number of carbonyl (C=O) groups excluding carboxylic acids is 1. The van der Waals surface area contributed by atoms with Crippen LogP contribution in [-0.4, -0.2) is 27.4 Å². The van der Waals surface area contributed by atoms with Gasteiger partial charge in [0.2, 0.25) is 15.9 Å². The van der Waals surface area contributed by atoms with Crippen LogP contribution in [-0.2, 0) is 21.2 Å². The number of hydrogen-bond acceptors (Lipinski definition) is 3. The highest BCUT2D eigenvalue weighted by Gasteiger charge is 2.16. The van der Waals surface area contributed by atoms with E-state index in [0.717, 1.165) is 6.07 Å². The summed E-state index contributed by atoms with van der Waals surface area (Å²) in [6, 6.07) is 8.38. The minimum atomic E-state index is -4.05. The molecule has 2 aromatic carbocycles. The lowest BCUT2D eigenvalue weighted by molar-refractivity contribution is -0.120. The standard InChI is InChI=1S/C17H17F3N2O3S/c18-14-4-2-1-3-12(14)7-9-21-17(23)8-10-22-26(24,25)13-5-6-15(19)16(20)11-13/h1-6,11,22H,7-10H2,(H,21,23). The number of rotatable bonds is 8. The van der Waals surface area contributed by atoms with E-state index in [1.165, 1.54) is 6.07 Å². The molecular formula is C17H17F3N2O3S. The Morgan fingerprint density at radius 1 is 0.923 bits per heavy atom. The highest BCUT2D eigenvalue weighted by Crippen LogP contribution is 2.13. The fourth-order valence-electron chi connectivity index (χ4n) is 2.15. The second-order valence-electron chi connectivity index (χ2n) is 5.42. The van der Waals surface area contributed by atoms with E-state index < -0.39 is 32.5 Å². The molecule has 140 valence electrons. The van der Waals surface area contributed by atoms with Crippen molar-refractivity contribution in [2.24, 2.45) is 0 Å². The first-order valence-corrected chi connectivity index (χ1v) is 9.23. The van der Waals surface area contributed by atoms with Gasteiger partial charge in [-0.05, 0) is 36.2 Å². The molecule has 0 atom stereocenters. The molecule has 0 aliphatic carbocycles. The fraction of sp³-hybridized carbons (Fsp3) is 0.235. The van der Waals surface area contributed by atoms with Crippen molar-refractivity contribution in [3.8, 4) is 0 Å². The van der Waals surface area contributed by atoms with Crippen LogP contribution < -0.4 is 10.0 Å². The molecule has 26 heavy (non-hydrogen) atoms. The van der Waals surface area contributed by atoms with Crippen LogP contribution in [0.3, 0.4) is 0 Å². The van der Waals surface area contributed by atoms with Gasteiger partial charge in [-0.25, -0.2) is 26.3 Å². The number of sulfonamides is 1. The largest absolute Gasteiger partial charge is 0.356 e. The third kappa shape index (κ3) is 5.57. The van der Waals surface area contributed by atoms with Crippen molar-refractivity contribution in [1.29, 1.82) is 0 Å². The van der Waals surface area contributed by atoms with Crippen molar-refractivity contribution in [1.82, 2.24) is 10.0 Å². The van der Waals surface area contributed by atoms with E-state index in [-0.39, 0.29) is 25.3 Å². The van der Waals surface area contributed by atoms with E-state index in [1.807, 2.05) is 0 Å². The molecular weight excluding hydrogens is 369 g/mol. The van der Waals surface area contributed by atoms with E-state index in [0.29, 0.717) is 24.1 Å². The molecule has 2 N–H and O–H groups in total. The van der Waals surface area contributed by atoms with Crippen LogP contribution in [0, 0.1) is 17.5 Å². The van der Waals surface area contributed by atoms with Gasteiger partial charge in [-0.2, -0.15) is 0 Å². The summed E-state index contributed by atoms with van der Waals surface area (Å²) in [4.78, 5) is 11.3. The molecule has 1 amide bonds. The number of benzene rings is 2. The molecule has 9 heteroatoms. The van der Waals surface area contributed by atoms with Crippen LogP contribution in [0.15, 0.2) is 47.4 Å². The van der Waals surface area contributed by atoms with E-state index in [4.69, 9.17) is 0 Å². The van der Waals surface area contributed by atoms with Crippen molar-refractivity contribution in [2.45, 2.75) is 17.7 Å². The van der Waals surface area contributed by atoms with Crippen LogP contribution in [0.1, 0.15) is 12.0 Å². The lowest BCUT2D eigenvalue weighted by Gasteiger charge is -2.08. The topological polar surface area (TPSA) is 75.3 Å². The minimum absolute atomic E-state index is 0.153. The minimum Gasteiger partial charge on any atom is -0.356 e. The molecule has 0 radical (unpaired) electrons. The Balaban J connectivity index is 1.77. The Bertz CT molecular complexity index is 889. The van der Waals surface area contributed by atoms with Crippen molar-refractivity contribution < 1.29 is 26.4 Å². The lowest BCUT2D eigenvalue weighted by Crippen LogP contribution is -2.31. The predicted octanol–water partition coefficient (Wildman–Crippen LogP) is 2.13. The van der Waals surface area contributed by atoms with Crippen molar-refractivity contribution >= 4 is 15.9 Å². The molecule has 0 unspecified atom stereocenters. The Hall–Kier alpha value is -2.39. The Morgan fingerprint density at radius 3 is 2.35 bits per heavy atom. The van der Waals surface area contributed by atoms with Gasteiger partial charge in [0.05, 0.1) is 4.90 Å². The number of carbonyl (C=O) groups is 1. The molecule has 0 heterocycles. The van der Waals surface area contributed by atoms with Gasteiger partial charge < -0.3 is 5.32 Å². The summed E-state index contributed by atoms with van der Waals surface area (Å²) >= 11 is 0. The van der Waals surface area contributed by atoms with Crippen LogP contribution in [0.2, 0.25) is 0 Å². The van der Waals surface area contributed by atoms with Gasteiger partial charge in [-0.3, -0.25) is 4.79 Å². The van der Waals surface area contributed by atoms with E-state index in [9.17, 15) is 26.4 Å². The summed E-state index contributed by atoms with van der Waals surface area (Å²) in [6.07, 6.45) is 0.152. The third-order valence-electron chi connectivity index (χ3n) is 3.52. The van der Waals surface area contributed by atoms with E-state index in [2.05, 4.69) is 10.0 Å². The third-order valence-corrected chi connectivity index (χ3v) is 4.98. The molecule has 0 aliphatic heterocycles. The van der Waals surface area contributed by atoms with Crippen LogP contribution in [0.4, 0.5) is 13.2 Å². The lowest BCUT2D eigenvalue weighted by atomic mass is 10.1. The zero-order valence-corrected chi connectivity index (χ0v) is 14.5. The molecule has 0 spiro atoms. The van der Waals surface area contributed by atoms with Gasteiger partial charge in [-0.15, -0.1) is 0 Å². The van der Waals surface area contributed by atoms with Crippen molar-refractivity contribution in [3.63, 3.8) is 0 Å². The van der Waals surface area contributed by atoms with E-state index in [1.54, 1.807) is 18.2 Å². The Morgan fingerprint density at radius 2 is 1.65 bits per heavy atom. The molecule has 5 nitrogen and oxygen atoms in total. The van der Waals surface area contributed by atoms with Crippen LogP contribution >= 0.6 is 0 Å². The number of nitrogens with one attached hydrogen (secondary N) is 2. The molecule has 0 saturated carbocycles. The second kappa shape index (κ2) is 8.81. The van der Waals surface area contributed by atoms with Crippen LogP contribution in [0.25, 0.3) is 0 Å². The summed E-state index contributed by atoms with van der Waals surface area (Å²) in [5.41, 5.74) is 0.465. The van der Waals surface area contributed by atoms with Gasteiger partial charge in [0.25, 0.3) is 0 Å². The summed E-state index contributed by atoms with van der Waals surface area (Å²) < 4.78 is 65.4. The zero-order valence-electron chi connectivity index (χ0n) is 13.6.